The predicted octanol–water partition coefficient (Wildman–Crippen LogP) is 2.87. The Morgan fingerprint density at radius 2 is 1.78 bits per heavy atom. The first kappa shape index (κ1) is 19.6. The number of hydrogen-bond acceptors (Lipinski definition) is 6. The molecule has 0 radical (unpaired) electrons. The lowest BCUT2D eigenvalue weighted by Crippen LogP contribution is -2.45. The van der Waals surface area contributed by atoms with Crippen molar-refractivity contribution in [1.29, 1.82) is 0 Å². The van der Waals surface area contributed by atoms with Crippen molar-refractivity contribution in [2.75, 3.05) is 50.6 Å². The Hall–Kier alpha value is -2.19. The normalized spacial score (nSPS) is 14.9. The summed E-state index contributed by atoms with van der Waals surface area (Å²) in [5, 5.41) is 2.95. The zero-order chi connectivity index (χ0) is 19.6. The van der Waals surface area contributed by atoms with Crippen LogP contribution in [0.15, 0.2) is 22.7 Å². The fourth-order valence-electron chi connectivity index (χ4n) is 3.01. The van der Waals surface area contributed by atoms with Crippen LogP contribution in [0, 0.1) is 13.8 Å². The van der Waals surface area contributed by atoms with Crippen LogP contribution in [-0.4, -0.2) is 61.1 Å². The molecule has 2 heterocycles. The third-order valence-electron chi connectivity index (χ3n) is 4.70. The van der Waals surface area contributed by atoms with Gasteiger partial charge >= 0.3 is 0 Å². The number of anilines is 2. The number of carbonyl (C=O) groups is 1. The number of rotatable bonds is 4. The van der Waals surface area contributed by atoms with Crippen LogP contribution in [0.3, 0.4) is 0 Å². The Balaban J connectivity index is 1.82. The van der Waals surface area contributed by atoms with Gasteiger partial charge in [0.15, 0.2) is 0 Å². The summed E-state index contributed by atoms with van der Waals surface area (Å²) in [7, 11) is 3.69. The molecule has 1 N–H and O–H groups in total. The van der Waals surface area contributed by atoms with Crippen molar-refractivity contribution in [3.63, 3.8) is 0 Å². The maximum absolute atomic E-state index is 12.8. The Labute approximate surface area is 167 Å². The highest BCUT2D eigenvalue weighted by molar-refractivity contribution is 9.10. The zero-order valence-electron chi connectivity index (χ0n) is 16.0. The molecule has 1 saturated heterocycles. The van der Waals surface area contributed by atoms with Crippen molar-refractivity contribution in [1.82, 2.24) is 14.9 Å². The summed E-state index contributed by atoms with van der Waals surface area (Å²) in [6.07, 6.45) is 0. The number of aryl methyl sites for hydroxylation is 2. The second-order valence-corrected chi connectivity index (χ2v) is 7.51. The monoisotopic (exact) mass is 433 g/mol. The number of carbonyl (C=O) groups excluding carboxylic acids is 1. The molecular formula is C19H24BrN5O2. The number of likely N-dealkylation sites (N-methyl/N-ethyl adjacent to an activating group) is 1. The lowest BCUT2D eigenvalue weighted by Gasteiger charge is -2.32. The first-order chi connectivity index (χ1) is 12.9. The van der Waals surface area contributed by atoms with Crippen LogP contribution < -0.4 is 15.0 Å². The first-order valence-corrected chi connectivity index (χ1v) is 9.62. The fraction of sp³-hybridized carbons (Fsp3) is 0.421. The van der Waals surface area contributed by atoms with Crippen LogP contribution in [0.2, 0.25) is 0 Å². The number of ether oxygens (including phenoxy) is 1. The lowest BCUT2D eigenvalue weighted by atomic mass is 10.2. The molecule has 1 aliphatic heterocycles. The van der Waals surface area contributed by atoms with Gasteiger partial charge in [-0.3, -0.25) is 4.79 Å². The number of nitrogens with one attached hydrogen (secondary N) is 1. The zero-order valence-corrected chi connectivity index (χ0v) is 17.6. The van der Waals surface area contributed by atoms with E-state index in [9.17, 15) is 4.79 Å². The van der Waals surface area contributed by atoms with Crippen molar-refractivity contribution in [2.45, 2.75) is 13.8 Å². The molecule has 0 unspecified atom stereocenters. The Bertz CT molecular complexity index is 827. The van der Waals surface area contributed by atoms with Crippen LogP contribution in [0.1, 0.15) is 21.7 Å². The summed E-state index contributed by atoms with van der Waals surface area (Å²) in [6, 6.07) is 5.29. The molecule has 1 amide bonds. The van der Waals surface area contributed by atoms with Crippen molar-refractivity contribution in [3.8, 4) is 5.75 Å². The molecule has 7 nitrogen and oxygen atoms in total. The van der Waals surface area contributed by atoms with E-state index in [1.165, 1.54) is 0 Å². The van der Waals surface area contributed by atoms with Gasteiger partial charge in [0, 0.05) is 30.7 Å². The number of benzene rings is 1. The van der Waals surface area contributed by atoms with Crippen molar-refractivity contribution < 1.29 is 9.53 Å². The first-order valence-electron chi connectivity index (χ1n) is 8.82. The third kappa shape index (κ3) is 4.39. The molecule has 1 aromatic carbocycles. The van der Waals surface area contributed by atoms with E-state index in [0.29, 0.717) is 21.5 Å². The Morgan fingerprint density at radius 1 is 1.15 bits per heavy atom. The van der Waals surface area contributed by atoms with E-state index in [4.69, 9.17) is 4.74 Å². The van der Waals surface area contributed by atoms with Gasteiger partial charge in [0.2, 0.25) is 5.95 Å². The minimum atomic E-state index is -0.233. The van der Waals surface area contributed by atoms with E-state index >= 15 is 0 Å². The van der Waals surface area contributed by atoms with E-state index < -0.39 is 0 Å². The fourth-order valence-corrected chi connectivity index (χ4v) is 3.44. The van der Waals surface area contributed by atoms with E-state index in [1.807, 2.05) is 13.8 Å². The van der Waals surface area contributed by atoms with Crippen LogP contribution in [0.25, 0.3) is 0 Å². The van der Waals surface area contributed by atoms with Gasteiger partial charge in [-0.05, 0) is 55.0 Å². The largest absolute Gasteiger partial charge is 0.497 e. The van der Waals surface area contributed by atoms with Gasteiger partial charge in [0.1, 0.15) is 5.75 Å². The summed E-state index contributed by atoms with van der Waals surface area (Å²) in [5.74, 6) is 1.11. The van der Waals surface area contributed by atoms with E-state index in [0.717, 1.165) is 43.5 Å². The number of methoxy groups -OCH3 is 1. The highest BCUT2D eigenvalue weighted by atomic mass is 79.9. The number of halogens is 1. The minimum Gasteiger partial charge on any atom is -0.497 e. The number of hydrogen-bond donors (Lipinski definition) is 1. The van der Waals surface area contributed by atoms with Gasteiger partial charge in [-0.15, -0.1) is 0 Å². The molecule has 0 bridgehead atoms. The SMILES string of the molecule is COc1ccc(Br)c(C(=O)Nc2c(C)nc(N3CCN(C)CC3)nc2C)c1. The molecule has 0 spiro atoms. The second-order valence-electron chi connectivity index (χ2n) is 6.66. The highest BCUT2D eigenvalue weighted by Crippen LogP contribution is 2.26. The number of nitrogens with zero attached hydrogens (tertiary/aromatic N) is 4. The molecule has 0 atom stereocenters. The number of aromatic nitrogens is 2. The average Bonchev–Trinajstić information content (AvgIpc) is 2.65. The lowest BCUT2D eigenvalue weighted by molar-refractivity contribution is 0.102. The average molecular weight is 434 g/mol. The minimum absolute atomic E-state index is 0.233. The van der Waals surface area contributed by atoms with Crippen LogP contribution in [-0.2, 0) is 0 Å². The summed E-state index contributed by atoms with van der Waals surface area (Å²) in [6.45, 7) is 7.57. The topological polar surface area (TPSA) is 70.6 Å². The molecular weight excluding hydrogens is 410 g/mol. The van der Waals surface area contributed by atoms with Crippen LogP contribution in [0.4, 0.5) is 11.6 Å². The highest BCUT2D eigenvalue weighted by Gasteiger charge is 2.20. The van der Waals surface area contributed by atoms with Crippen molar-refractivity contribution in [3.05, 3.63) is 39.6 Å². The summed E-state index contributed by atoms with van der Waals surface area (Å²) in [5.41, 5.74) is 2.65. The van der Waals surface area contributed by atoms with Gasteiger partial charge in [0.25, 0.3) is 5.91 Å². The maximum Gasteiger partial charge on any atom is 0.257 e. The smallest absolute Gasteiger partial charge is 0.257 e. The van der Waals surface area contributed by atoms with E-state index in [1.54, 1.807) is 25.3 Å². The molecule has 1 aliphatic rings. The standard InChI is InChI=1S/C19H24BrN5O2/c1-12-17(23-18(26)15-11-14(27-4)5-6-16(15)20)13(2)22-19(21-12)25-9-7-24(3)8-10-25/h5-6,11H,7-10H2,1-4H3,(H,23,26). The van der Waals surface area contributed by atoms with Crippen LogP contribution in [0.5, 0.6) is 5.75 Å². The molecule has 3 rings (SSSR count). The van der Waals surface area contributed by atoms with Gasteiger partial charge in [-0.2, -0.15) is 0 Å². The molecule has 27 heavy (non-hydrogen) atoms. The Morgan fingerprint density at radius 3 is 2.37 bits per heavy atom. The predicted molar refractivity (Wildman–Crippen MR) is 110 cm³/mol. The molecule has 2 aromatic rings. The van der Waals surface area contributed by atoms with Crippen molar-refractivity contribution in [2.24, 2.45) is 0 Å². The number of piperazine rings is 1. The van der Waals surface area contributed by atoms with E-state index in [2.05, 4.69) is 48.1 Å². The summed E-state index contributed by atoms with van der Waals surface area (Å²) < 4.78 is 5.91. The number of amides is 1. The molecule has 0 aliphatic carbocycles. The third-order valence-corrected chi connectivity index (χ3v) is 5.39. The van der Waals surface area contributed by atoms with Crippen LogP contribution >= 0.6 is 15.9 Å². The Kier molecular flexibility index (Phi) is 5.96. The quantitative estimate of drug-likeness (QED) is 0.798. The van der Waals surface area contributed by atoms with Gasteiger partial charge < -0.3 is 19.9 Å². The molecule has 144 valence electrons. The van der Waals surface area contributed by atoms with Gasteiger partial charge in [-0.25, -0.2) is 9.97 Å². The molecule has 8 heteroatoms. The van der Waals surface area contributed by atoms with Gasteiger partial charge in [-0.1, -0.05) is 0 Å². The summed E-state index contributed by atoms with van der Waals surface area (Å²) >= 11 is 3.42. The summed E-state index contributed by atoms with van der Waals surface area (Å²) in [4.78, 5) is 26.5. The second kappa shape index (κ2) is 8.22. The van der Waals surface area contributed by atoms with Gasteiger partial charge in [0.05, 0.1) is 29.7 Å². The molecule has 1 aromatic heterocycles. The molecule has 1 fully saturated rings. The van der Waals surface area contributed by atoms with Crippen molar-refractivity contribution >= 4 is 33.5 Å². The van der Waals surface area contributed by atoms with E-state index in [-0.39, 0.29) is 5.91 Å². The molecule has 0 saturated carbocycles. The maximum atomic E-state index is 12.8.